The molecule has 2 aliphatic rings. The highest BCUT2D eigenvalue weighted by Gasteiger charge is 2.32. The lowest BCUT2D eigenvalue weighted by molar-refractivity contribution is -0.137. The number of rotatable bonds is 3. The highest BCUT2D eigenvalue weighted by molar-refractivity contribution is 5.85. The summed E-state index contributed by atoms with van der Waals surface area (Å²) in [6.07, 6.45) is -1.87. The molecule has 2 aromatic rings. The Hall–Kier alpha value is -1.42. The molecule has 2 fully saturated rings. The highest BCUT2D eigenvalue weighted by Crippen LogP contribution is 2.29. The molecule has 1 aromatic heterocycles. The lowest BCUT2D eigenvalue weighted by atomic mass is 10.1. The zero-order chi connectivity index (χ0) is 17.4. The normalized spacial score (nSPS) is 20.6. The molecule has 0 N–H and O–H groups in total. The molecule has 4 rings (SSSR count). The van der Waals surface area contributed by atoms with E-state index in [9.17, 15) is 13.2 Å². The summed E-state index contributed by atoms with van der Waals surface area (Å²) in [5.74, 6) is 0.645. The second-order valence-electron chi connectivity index (χ2n) is 6.62. The van der Waals surface area contributed by atoms with E-state index >= 15 is 0 Å². The molecule has 3 heterocycles. The van der Waals surface area contributed by atoms with Crippen molar-refractivity contribution >= 4 is 24.8 Å². The van der Waals surface area contributed by atoms with Gasteiger partial charge >= 0.3 is 6.18 Å². The first-order chi connectivity index (χ1) is 12.0. The number of alkyl halides is 3. The van der Waals surface area contributed by atoms with Crippen molar-refractivity contribution in [3.05, 3.63) is 35.7 Å². The van der Waals surface area contributed by atoms with Gasteiger partial charge in [0.2, 0.25) is 0 Å². The van der Waals surface area contributed by atoms with E-state index in [2.05, 4.69) is 25.3 Å². The van der Waals surface area contributed by atoms with Crippen LogP contribution in [0, 0.1) is 0 Å². The van der Waals surface area contributed by atoms with Crippen LogP contribution in [0.5, 0.6) is 0 Å². The van der Waals surface area contributed by atoms with Crippen LogP contribution in [0.25, 0.3) is 5.69 Å². The molecule has 0 bridgehead atoms. The minimum Gasteiger partial charge on any atom is -0.298 e. The Labute approximate surface area is 167 Å². The van der Waals surface area contributed by atoms with E-state index in [0.29, 0.717) is 24.1 Å². The van der Waals surface area contributed by atoms with Gasteiger partial charge in [-0.15, -0.1) is 29.9 Å². The summed E-state index contributed by atoms with van der Waals surface area (Å²) in [7, 11) is 0. The Morgan fingerprint density at radius 3 is 2.48 bits per heavy atom. The minimum atomic E-state index is -4.34. The van der Waals surface area contributed by atoms with Gasteiger partial charge in [0.05, 0.1) is 17.8 Å². The van der Waals surface area contributed by atoms with E-state index in [1.807, 2.05) is 0 Å². The van der Waals surface area contributed by atoms with E-state index in [-0.39, 0.29) is 24.8 Å². The van der Waals surface area contributed by atoms with Crippen molar-refractivity contribution in [2.75, 3.05) is 26.2 Å². The summed E-state index contributed by atoms with van der Waals surface area (Å²) >= 11 is 0. The van der Waals surface area contributed by atoms with Crippen molar-refractivity contribution in [1.82, 2.24) is 30.0 Å². The number of hydrogen-bond donors (Lipinski definition) is 0. The van der Waals surface area contributed by atoms with Crippen molar-refractivity contribution in [2.45, 2.75) is 31.6 Å². The Morgan fingerprint density at radius 1 is 1.04 bits per heavy atom. The maximum Gasteiger partial charge on any atom is 0.416 e. The number of fused-ring (bicyclic) bond motifs is 1. The first kappa shape index (κ1) is 21.9. The first-order valence-electron chi connectivity index (χ1n) is 8.42. The number of tetrazole rings is 1. The largest absolute Gasteiger partial charge is 0.416 e. The molecular formula is C16H21Cl2F3N6. The van der Waals surface area contributed by atoms with Crippen molar-refractivity contribution in [2.24, 2.45) is 0 Å². The van der Waals surface area contributed by atoms with Crippen molar-refractivity contribution in [1.29, 1.82) is 0 Å². The monoisotopic (exact) mass is 424 g/mol. The molecule has 1 unspecified atom stereocenters. The van der Waals surface area contributed by atoms with Crippen LogP contribution in [-0.4, -0.2) is 62.2 Å². The number of halogens is 5. The van der Waals surface area contributed by atoms with E-state index in [0.717, 1.165) is 31.8 Å². The third kappa shape index (κ3) is 4.71. The number of benzene rings is 1. The van der Waals surface area contributed by atoms with E-state index in [4.69, 9.17) is 0 Å². The molecule has 0 amide bonds. The molecule has 0 spiro atoms. The van der Waals surface area contributed by atoms with Gasteiger partial charge in [-0.25, -0.2) is 0 Å². The fourth-order valence-electron chi connectivity index (χ4n) is 3.70. The van der Waals surface area contributed by atoms with E-state index < -0.39 is 11.7 Å². The predicted molar refractivity (Wildman–Crippen MR) is 98.5 cm³/mol. The molecule has 27 heavy (non-hydrogen) atoms. The number of hydrogen-bond acceptors (Lipinski definition) is 5. The third-order valence-electron chi connectivity index (χ3n) is 5.01. The minimum absolute atomic E-state index is 0. The molecule has 2 saturated heterocycles. The van der Waals surface area contributed by atoms with Crippen molar-refractivity contribution in [3.8, 4) is 5.69 Å². The van der Waals surface area contributed by atoms with Gasteiger partial charge in [0.15, 0.2) is 5.82 Å². The van der Waals surface area contributed by atoms with Gasteiger partial charge in [-0.3, -0.25) is 9.80 Å². The van der Waals surface area contributed by atoms with Gasteiger partial charge in [-0.2, -0.15) is 17.9 Å². The van der Waals surface area contributed by atoms with Gasteiger partial charge in [0, 0.05) is 25.7 Å². The Balaban J connectivity index is 0.00000131. The average Bonchev–Trinajstić information content (AvgIpc) is 3.23. The van der Waals surface area contributed by atoms with Crippen LogP contribution in [0.2, 0.25) is 0 Å². The van der Waals surface area contributed by atoms with Crippen LogP contribution in [-0.2, 0) is 12.7 Å². The van der Waals surface area contributed by atoms with Crippen LogP contribution < -0.4 is 0 Å². The fraction of sp³-hybridized carbons (Fsp3) is 0.562. The maximum atomic E-state index is 12.7. The number of nitrogens with zero attached hydrogens (tertiary/aromatic N) is 6. The smallest absolute Gasteiger partial charge is 0.298 e. The van der Waals surface area contributed by atoms with E-state index in [1.54, 1.807) is 0 Å². The van der Waals surface area contributed by atoms with Crippen LogP contribution in [0.15, 0.2) is 24.3 Å². The summed E-state index contributed by atoms with van der Waals surface area (Å²) in [5, 5.41) is 11.7. The van der Waals surface area contributed by atoms with Crippen LogP contribution in [0.1, 0.15) is 24.2 Å². The SMILES string of the molecule is Cl.Cl.FC(F)(F)c1ccc(-n2nnnc2CN2CCN3CCCC3C2)cc1. The summed E-state index contributed by atoms with van der Waals surface area (Å²) < 4.78 is 39.6. The highest BCUT2D eigenvalue weighted by atomic mass is 35.5. The lowest BCUT2D eigenvalue weighted by Gasteiger charge is -2.37. The molecule has 1 atom stereocenters. The van der Waals surface area contributed by atoms with Crippen molar-refractivity contribution in [3.63, 3.8) is 0 Å². The second-order valence-corrected chi connectivity index (χ2v) is 6.62. The Kier molecular flexibility index (Phi) is 7.07. The molecular weight excluding hydrogens is 404 g/mol. The van der Waals surface area contributed by atoms with Gasteiger partial charge in [-0.05, 0) is 54.1 Å². The third-order valence-corrected chi connectivity index (χ3v) is 5.01. The average molecular weight is 425 g/mol. The standard InChI is InChI=1S/C16H19F3N6.2ClH/c17-16(18,19)12-3-5-13(6-4-12)25-15(20-21-22-25)11-23-8-9-24-7-1-2-14(24)10-23;;/h3-6,14H,1-2,7-11H2;2*1H. The van der Waals surface area contributed by atoms with Gasteiger partial charge in [0.25, 0.3) is 0 Å². The fourth-order valence-corrected chi connectivity index (χ4v) is 3.70. The molecule has 11 heteroatoms. The summed E-state index contributed by atoms with van der Waals surface area (Å²) in [6, 6.07) is 5.51. The lowest BCUT2D eigenvalue weighted by Crippen LogP contribution is -2.49. The van der Waals surface area contributed by atoms with Crippen LogP contribution in [0.3, 0.4) is 0 Å². The van der Waals surface area contributed by atoms with Gasteiger partial charge < -0.3 is 0 Å². The Morgan fingerprint density at radius 2 is 1.78 bits per heavy atom. The van der Waals surface area contributed by atoms with Crippen molar-refractivity contribution < 1.29 is 13.2 Å². The van der Waals surface area contributed by atoms with E-state index in [1.165, 1.54) is 36.2 Å². The second kappa shape index (κ2) is 8.72. The molecule has 2 aliphatic heterocycles. The quantitative estimate of drug-likeness (QED) is 0.757. The maximum absolute atomic E-state index is 12.7. The summed E-state index contributed by atoms with van der Waals surface area (Å²) in [6.45, 7) is 4.77. The molecule has 0 saturated carbocycles. The Bertz CT molecular complexity index is 737. The van der Waals surface area contributed by atoms with Gasteiger partial charge in [0.1, 0.15) is 0 Å². The van der Waals surface area contributed by atoms with Gasteiger partial charge in [-0.1, -0.05) is 0 Å². The molecule has 1 aromatic carbocycles. The number of aromatic nitrogens is 4. The number of piperazine rings is 1. The zero-order valence-electron chi connectivity index (χ0n) is 14.5. The topological polar surface area (TPSA) is 50.1 Å². The first-order valence-corrected chi connectivity index (χ1v) is 8.42. The molecule has 0 aliphatic carbocycles. The summed E-state index contributed by atoms with van der Waals surface area (Å²) in [5.41, 5.74) is -0.143. The molecule has 6 nitrogen and oxygen atoms in total. The predicted octanol–water partition coefficient (Wildman–Crippen LogP) is 2.80. The van der Waals surface area contributed by atoms with Crippen LogP contribution in [0.4, 0.5) is 13.2 Å². The summed E-state index contributed by atoms with van der Waals surface area (Å²) in [4.78, 5) is 4.84. The zero-order valence-corrected chi connectivity index (χ0v) is 16.1. The molecule has 0 radical (unpaired) electrons. The molecule has 150 valence electrons. The van der Waals surface area contributed by atoms with Crippen LogP contribution >= 0.6 is 24.8 Å².